The molecule has 2 aromatic rings. The number of morpholine rings is 1. The molecule has 1 aromatic heterocycles. The first-order valence-corrected chi connectivity index (χ1v) is 8.99. The van der Waals surface area contributed by atoms with Gasteiger partial charge in [0.15, 0.2) is 11.5 Å². The van der Waals surface area contributed by atoms with Crippen LogP contribution < -0.4 is 14.8 Å². The molecule has 0 spiro atoms. The third kappa shape index (κ3) is 3.73. The van der Waals surface area contributed by atoms with Gasteiger partial charge in [0.25, 0.3) is 0 Å². The van der Waals surface area contributed by atoms with Crippen LogP contribution in [-0.2, 0) is 11.3 Å². The molecule has 26 heavy (non-hydrogen) atoms. The smallest absolute Gasteiger partial charge is 0.231 e. The van der Waals surface area contributed by atoms with E-state index >= 15 is 0 Å². The summed E-state index contributed by atoms with van der Waals surface area (Å²) in [4.78, 5) is 11.6. The van der Waals surface area contributed by atoms with Crippen molar-refractivity contribution < 1.29 is 14.2 Å². The fourth-order valence-electron chi connectivity index (χ4n) is 3.25. The van der Waals surface area contributed by atoms with Gasteiger partial charge in [-0.15, -0.1) is 0 Å². The van der Waals surface area contributed by atoms with Crippen LogP contribution in [0.1, 0.15) is 31.3 Å². The highest BCUT2D eigenvalue weighted by Gasteiger charge is 2.27. The summed E-state index contributed by atoms with van der Waals surface area (Å²) in [6.45, 7) is 7.41. The Labute approximate surface area is 153 Å². The number of nitrogens with zero attached hydrogens (tertiary/aromatic N) is 3. The fourth-order valence-corrected chi connectivity index (χ4v) is 3.25. The van der Waals surface area contributed by atoms with Crippen molar-refractivity contribution in [1.82, 2.24) is 14.9 Å². The number of anilines is 1. The van der Waals surface area contributed by atoms with Crippen molar-refractivity contribution in [2.45, 2.75) is 32.5 Å². The molecule has 0 aliphatic carbocycles. The highest BCUT2D eigenvalue weighted by Crippen LogP contribution is 2.33. The normalized spacial score (nSPS) is 19.7. The minimum atomic E-state index is 0.0306. The third-order valence-electron chi connectivity index (χ3n) is 4.47. The number of aromatic nitrogens is 2. The molecular weight excluding hydrogens is 332 g/mol. The monoisotopic (exact) mass is 356 g/mol. The highest BCUT2D eigenvalue weighted by atomic mass is 16.7. The summed E-state index contributed by atoms with van der Waals surface area (Å²) in [5.74, 6) is 3.25. The zero-order valence-electron chi connectivity index (χ0n) is 15.1. The first-order valence-electron chi connectivity index (χ1n) is 8.99. The molecule has 138 valence electrons. The van der Waals surface area contributed by atoms with Crippen LogP contribution >= 0.6 is 0 Å². The molecule has 1 fully saturated rings. The summed E-state index contributed by atoms with van der Waals surface area (Å²) in [5, 5.41) is 3.34. The Hall–Kier alpha value is -2.38. The van der Waals surface area contributed by atoms with Crippen LogP contribution in [0, 0.1) is 0 Å². The lowest BCUT2D eigenvalue weighted by Crippen LogP contribution is -2.39. The highest BCUT2D eigenvalue weighted by molar-refractivity contribution is 5.44. The molecule has 1 saturated heterocycles. The molecule has 1 unspecified atom stereocenters. The molecule has 1 atom stereocenters. The lowest BCUT2D eigenvalue weighted by atomic mass is 10.1. The van der Waals surface area contributed by atoms with E-state index in [1.165, 1.54) is 5.56 Å². The fraction of sp³-hybridized carbons (Fsp3) is 0.474. The van der Waals surface area contributed by atoms with Crippen LogP contribution in [0.25, 0.3) is 0 Å². The zero-order chi connectivity index (χ0) is 17.9. The SMILES string of the molecule is CC(C)Nc1ccnc(C2COCCN2Cc2ccc3c(c2)OCO3)n1. The molecule has 2 aliphatic heterocycles. The number of benzene rings is 1. The van der Waals surface area contributed by atoms with E-state index in [0.29, 0.717) is 26.0 Å². The van der Waals surface area contributed by atoms with E-state index in [1.54, 1.807) is 6.20 Å². The van der Waals surface area contributed by atoms with E-state index in [0.717, 1.165) is 36.2 Å². The molecule has 0 bridgehead atoms. The average Bonchev–Trinajstić information content (AvgIpc) is 3.10. The Morgan fingerprint density at radius 1 is 1.23 bits per heavy atom. The Kier molecular flexibility index (Phi) is 4.90. The number of nitrogens with one attached hydrogen (secondary N) is 1. The quantitative estimate of drug-likeness (QED) is 0.883. The molecule has 7 nitrogen and oxygen atoms in total. The van der Waals surface area contributed by atoms with Crippen molar-refractivity contribution in [3.63, 3.8) is 0 Å². The summed E-state index contributed by atoms with van der Waals surface area (Å²) in [6.07, 6.45) is 1.81. The van der Waals surface area contributed by atoms with Gasteiger partial charge in [0.05, 0.1) is 19.3 Å². The van der Waals surface area contributed by atoms with Gasteiger partial charge in [-0.1, -0.05) is 6.07 Å². The largest absolute Gasteiger partial charge is 0.454 e. The van der Waals surface area contributed by atoms with E-state index in [2.05, 4.69) is 35.1 Å². The van der Waals surface area contributed by atoms with Crippen LogP contribution in [0.4, 0.5) is 5.82 Å². The second kappa shape index (κ2) is 7.47. The topological polar surface area (TPSA) is 68.7 Å². The second-order valence-electron chi connectivity index (χ2n) is 6.85. The van der Waals surface area contributed by atoms with Gasteiger partial charge in [0.2, 0.25) is 6.79 Å². The van der Waals surface area contributed by atoms with E-state index in [9.17, 15) is 0 Å². The van der Waals surface area contributed by atoms with Gasteiger partial charge >= 0.3 is 0 Å². The maximum Gasteiger partial charge on any atom is 0.231 e. The summed E-state index contributed by atoms with van der Waals surface area (Å²) in [5.41, 5.74) is 1.18. The molecule has 3 heterocycles. The first kappa shape index (κ1) is 17.1. The lowest BCUT2D eigenvalue weighted by Gasteiger charge is -2.34. The Morgan fingerprint density at radius 3 is 3.00 bits per heavy atom. The zero-order valence-corrected chi connectivity index (χ0v) is 15.1. The predicted octanol–water partition coefficient (Wildman–Crippen LogP) is 2.60. The van der Waals surface area contributed by atoms with E-state index in [1.807, 2.05) is 18.2 Å². The van der Waals surface area contributed by atoms with Crippen LogP contribution in [0.3, 0.4) is 0 Å². The molecule has 1 N–H and O–H groups in total. The third-order valence-corrected chi connectivity index (χ3v) is 4.47. The molecule has 1 aromatic carbocycles. The summed E-state index contributed by atoms with van der Waals surface area (Å²) < 4.78 is 16.6. The van der Waals surface area contributed by atoms with Gasteiger partial charge < -0.3 is 19.5 Å². The Bertz CT molecular complexity index is 768. The molecule has 0 amide bonds. The van der Waals surface area contributed by atoms with Crippen LogP contribution in [0.5, 0.6) is 11.5 Å². The molecule has 4 rings (SSSR count). The van der Waals surface area contributed by atoms with E-state index in [-0.39, 0.29) is 6.04 Å². The molecule has 0 saturated carbocycles. The van der Waals surface area contributed by atoms with Gasteiger partial charge in [-0.05, 0) is 37.6 Å². The van der Waals surface area contributed by atoms with Crippen molar-refractivity contribution >= 4 is 5.82 Å². The standard InChI is InChI=1S/C19H24N4O3/c1-13(2)21-18-5-6-20-19(22-18)15-11-24-8-7-23(15)10-14-3-4-16-17(9-14)26-12-25-16/h3-6,9,13,15H,7-8,10-12H2,1-2H3,(H,20,21,22). The maximum atomic E-state index is 5.71. The Balaban J connectivity index is 1.53. The van der Waals surface area contributed by atoms with Gasteiger partial charge in [0, 0.05) is 25.3 Å². The number of rotatable bonds is 5. The second-order valence-corrected chi connectivity index (χ2v) is 6.85. The van der Waals surface area contributed by atoms with Crippen LogP contribution in [-0.4, -0.2) is 47.5 Å². The number of fused-ring (bicyclic) bond motifs is 1. The minimum Gasteiger partial charge on any atom is -0.454 e. The number of ether oxygens (including phenoxy) is 3. The van der Waals surface area contributed by atoms with Gasteiger partial charge in [-0.25, -0.2) is 9.97 Å². The molecule has 7 heteroatoms. The molecule has 0 radical (unpaired) electrons. The molecular formula is C19H24N4O3. The van der Waals surface area contributed by atoms with Crippen LogP contribution in [0.2, 0.25) is 0 Å². The van der Waals surface area contributed by atoms with Crippen molar-refractivity contribution in [3.05, 3.63) is 41.9 Å². The first-order chi connectivity index (χ1) is 12.7. The van der Waals surface area contributed by atoms with Gasteiger partial charge in [0.1, 0.15) is 11.6 Å². The van der Waals surface area contributed by atoms with Gasteiger partial charge in [-0.3, -0.25) is 4.90 Å². The summed E-state index contributed by atoms with van der Waals surface area (Å²) >= 11 is 0. The van der Waals surface area contributed by atoms with Crippen molar-refractivity contribution in [2.75, 3.05) is 31.9 Å². The molecule has 2 aliphatic rings. The number of hydrogen-bond acceptors (Lipinski definition) is 7. The summed E-state index contributed by atoms with van der Waals surface area (Å²) in [7, 11) is 0. The Morgan fingerprint density at radius 2 is 2.12 bits per heavy atom. The number of hydrogen-bond donors (Lipinski definition) is 1. The lowest BCUT2D eigenvalue weighted by molar-refractivity contribution is -0.0159. The van der Waals surface area contributed by atoms with E-state index < -0.39 is 0 Å². The minimum absolute atomic E-state index is 0.0306. The summed E-state index contributed by atoms with van der Waals surface area (Å²) in [6, 6.07) is 8.35. The maximum absolute atomic E-state index is 5.71. The van der Waals surface area contributed by atoms with Crippen LogP contribution in [0.15, 0.2) is 30.5 Å². The predicted molar refractivity (Wildman–Crippen MR) is 97.3 cm³/mol. The van der Waals surface area contributed by atoms with E-state index in [4.69, 9.17) is 19.2 Å². The average molecular weight is 356 g/mol. The van der Waals surface area contributed by atoms with Gasteiger partial charge in [-0.2, -0.15) is 0 Å². The van der Waals surface area contributed by atoms with Crippen molar-refractivity contribution in [3.8, 4) is 11.5 Å². The van der Waals surface area contributed by atoms with Crippen molar-refractivity contribution in [1.29, 1.82) is 0 Å². The van der Waals surface area contributed by atoms with Crippen molar-refractivity contribution in [2.24, 2.45) is 0 Å².